The van der Waals surface area contributed by atoms with Gasteiger partial charge in [0.05, 0.1) is 25.5 Å². The van der Waals surface area contributed by atoms with Crippen LogP contribution in [0.4, 0.5) is 4.39 Å². The summed E-state index contributed by atoms with van der Waals surface area (Å²) in [5, 5.41) is 2.99. The summed E-state index contributed by atoms with van der Waals surface area (Å²) >= 11 is 0. The Kier molecular flexibility index (Phi) is 6.60. The molecule has 27 heavy (non-hydrogen) atoms. The standard InChI is InChI=1S/C20H26FN3O3/c1-23(2)17(18-8-5-11-27-18)14-22-20(25)19(24-9-12-26-13-10-24)15-6-3-4-7-16(15)21/h3-8,11,17,19H,9-10,12-14H2,1-2H3,(H,22,25). The van der Waals surface area contributed by atoms with Gasteiger partial charge in [0.15, 0.2) is 0 Å². The molecule has 1 aromatic carbocycles. The minimum Gasteiger partial charge on any atom is -0.468 e. The summed E-state index contributed by atoms with van der Waals surface area (Å²) < 4.78 is 25.3. The lowest BCUT2D eigenvalue weighted by molar-refractivity contribution is -0.128. The van der Waals surface area contributed by atoms with Gasteiger partial charge >= 0.3 is 0 Å². The zero-order valence-corrected chi connectivity index (χ0v) is 15.7. The number of rotatable bonds is 7. The molecule has 1 aromatic heterocycles. The Balaban J connectivity index is 1.77. The minimum absolute atomic E-state index is 0.102. The minimum atomic E-state index is -0.686. The summed E-state index contributed by atoms with van der Waals surface area (Å²) in [4.78, 5) is 17.0. The van der Waals surface area contributed by atoms with Gasteiger partial charge in [-0.25, -0.2) is 4.39 Å². The molecule has 1 aliphatic rings. The van der Waals surface area contributed by atoms with Crippen molar-refractivity contribution in [3.05, 3.63) is 59.8 Å². The highest BCUT2D eigenvalue weighted by Gasteiger charge is 2.31. The van der Waals surface area contributed by atoms with Gasteiger partial charge in [-0.3, -0.25) is 14.6 Å². The van der Waals surface area contributed by atoms with Crippen molar-refractivity contribution >= 4 is 5.91 Å². The Morgan fingerprint density at radius 2 is 1.96 bits per heavy atom. The van der Waals surface area contributed by atoms with Crippen molar-refractivity contribution in [2.24, 2.45) is 0 Å². The van der Waals surface area contributed by atoms with E-state index >= 15 is 0 Å². The average molecular weight is 375 g/mol. The second-order valence-electron chi connectivity index (χ2n) is 6.81. The Hall–Kier alpha value is -2.22. The second kappa shape index (κ2) is 9.12. The fraction of sp³-hybridized carbons (Fsp3) is 0.450. The van der Waals surface area contributed by atoms with Crippen molar-refractivity contribution in [2.75, 3.05) is 46.9 Å². The van der Waals surface area contributed by atoms with E-state index in [4.69, 9.17) is 9.15 Å². The number of halogens is 1. The van der Waals surface area contributed by atoms with Crippen LogP contribution in [0.1, 0.15) is 23.4 Å². The molecule has 2 aromatic rings. The number of hydrogen-bond acceptors (Lipinski definition) is 5. The van der Waals surface area contributed by atoms with Crippen LogP contribution in [0.15, 0.2) is 47.1 Å². The maximum atomic E-state index is 14.4. The van der Waals surface area contributed by atoms with E-state index < -0.39 is 6.04 Å². The SMILES string of the molecule is CN(C)C(CNC(=O)C(c1ccccc1F)N1CCOCC1)c1ccco1. The summed E-state index contributed by atoms with van der Waals surface area (Å²) in [7, 11) is 3.85. The van der Waals surface area contributed by atoms with Crippen LogP contribution in [0.3, 0.4) is 0 Å². The number of nitrogens with one attached hydrogen (secondary N) is 1. The molecule has 0 saturated carbocycles. The molecule has 7 heteroatoms. The molecule has 1 fully saturated rings. The molecule has 0 radical (unpaired) electrons. The first-order valence-electron chi connectivity index (χ1n) is 9.11. The Morgan fingerprint density at radius 1 is 1.22 bits per heavy atom. The van der Waals surface area contributed by atoms with Crippen LogP contribution in [0.5, 0.6) is 0 Å². The maximum absolute atomic E-state index is 14.4. The summed E-state index contributed by atoms with van der Waals surface area (Å²) in [6, 6.07) is 9.37. The lowest BCUT2D eigenvalue weighted by Gasteiger charge is -2.34. The van der Waals surface area contributed by atoms with Crippen molar-refractivity contribution < 1.29 is 18.3 Å². The van der Waals surface area contributed by atoms with Gasteiger partial charge in [-0.05, 0) is 32.3 Å². The molecule has 0 aliphatic carbocycles. The first-order chi connectivity index (χ1) is 13.1. The van der Waals surface area contributed by atoms with Crippen LogP contribution in [0.2, 0.25) is 0 Å². The highest BCUT2D eigenvalue weighted by Crippen LogP contribution is 2.25. The van der Waals surface area contributed by atoms with E-state index in [0.29, 0.717) is 38.4 Å². The quantitative estimate of drug-likeness (QED) is 0.804. The zero-order valence-electron chi connectivity index (χ0n) is 15.7. The molecule has 1 N–H and O–H groups in total. The van der Waals surface area contributed by atoms with E-state index in [1.54, 1.807) is 24.5 Å². The van der Waals surface area contributed by atoms with E-state index in [2.05, 4.69) is 5.32 Å². The number of morpholine rings is 1. The third-order valence-corrected chi connectivity index (χ3v) is 4.82. The van der Waals surface area contributed by atoms with Gasteiger partial charge in [0.25, 0.3) is 0 Å². The number of likely N-dealkylation sites (N-methyl/N-ethyl adjacent to an activating group) is 1. The van der Waals surface area contributed by atoms with Gasteiger partial charge in [-0.2, -0.15) is 0 Å². The second-order valence-corrected chi connectivity index (χ2v) is 6.81. The van der Waals surface area contributed by atoms with Crippen molar-refractivity contribution in [3.63, 3.8) is 0 Å². The molecule has 2 atom stereocenters. The maximum Gasteiger partial charge on any atom is 0.242 e. The molecule has 0 bridgehead atoms. The van der Waals surface area contributed by atoms with Crippen LogP contribution in [0.25, 0.3) is 0 Å². The third-order valence-electron chi connectivity index (χ3n) is 4.82. The lowest BCUT2D eigenvalue weighted by atomic mass is 10.0. The van der Waals surface area contributed by atoms with Crippen LogP contribution in [-0.2, 0) is 9.53 Å². The van der Waals surface area contributed by atoms with Gasteiger partial charge in [0.1, 0.15) is 17.6 Å². The normalized spacial score (nSPS) is 17.6. The average Bonchev–Trinajstić information content (AvgIpc) is 3.19. The number of carbonyl (C=O) groups excluding carboxylic acids is 1. The molecule has 2 unspecified atom stereocenters. The van der Waals surface area contributed by atoms with Crippen LogP contribution >= 0.6 is 0 Å². The van der Waals surface area contributed by atoms with E-state index in [9.17, 15) is 9.18 Å². The van der Waals surface area contributed by atoms with Gasteiger partial charge in [-0.1, -0.05) is 18.2 Å². The summed E-state index contributed by atoms with van der Waals surface area (Å²) in [5.74, 6) is 0.175. The summed E-state index contributed by atoms with van der Waals surface area (Å²) in [5.41, 5.74) is 0.385. The van der Waals surface area contributed by atoms with Crippen molar-refractivity contribution in [1.29, 1.82) is 0 Å². The molecular formula is C20H26FN3O3. The number of carbonyl (C=O) groups is 1. The zero-order chi connectivity index (χ0) is 19.2. The number of amides is 1. The number of ether oxygens (including phenoxy) is 1. The molecule has 1 saturated heterocycles. The molecule has 2 heterocycles. The molecular weight excluding hydrogens is 349 g/mol. The third kappa shape index (κ3) is 4.74. The predicted molar refractivity (Wildman–Crippen MR) is 99.7 cm³/mol. The van der Waals surface area contributed by atoms with Crippen molar-refractivity contribution in [3.8, 4) is 0 Å². The van der Waals surface area contributed by atoms with Crippen molar-refractivity contribution in [2.45, 2.75) is 12.1 Å². The van der Waals surface area contributed by atoms with E-state index in [1.165, 1.54) is 6.07 Å². The van der Waals surface area contributed by atoms with Gasteiger partial charge in [0.2, 0.25) is 5.91 Å². The first-order valence-corrected chi connectivity index (χ1v) is 9.11. The largest absolute Gasteiger partial charge is 0.468 e. The van der Waals surface area contributed by atoms with Crippen molar-refractivity contribution in [1.82, 2.24) is 15.1 Å². The lowest BCUT2D eigenvalue weighted by Crippen LogP contribution is -2.47. The van der Waals surface area contributed by atoms with E-state index in [1.807, 2.05) is 36.0 Å². The molecule has 0 spiro atoms. The number of furan rings is 1. The molecule has 6 nitrogen and oxygen atoms in total. The smallest absolute Gasteiger partial charge is 0.242 e. The topological polar surface area (TPSA) is 58.0 Å². The van der Waals surface area contributed by atoms with Crippen LogP contribution < -0.4 is 5.32 Å². The highest BCUT2D eigenvalue weighted by atomic mass is 19.1. The predicted octanol–water partition coefficient (Wildman–Crippen LogP) is 2.21. The summed E-state index contributed by atoms with van der Waals surface area (Å²) in [6.45, 7) is 2.61. The fourth-order valence-corrected chi connectivity index (χ4v) is 3.35. The molecule has 3 rings (SSSR count). The van der Waals surface area contributed by atoms with Gasteiger partial charge in [-0.15, -0.1) is 0 Å². The Labute approximate surface area is 158 Å². The number of nitrogens with zero attached hydrogens (tertiary/aromatic N) is 2. The van der Waals surface area contributed by atoms with E-state index in [0.717, 1.165) is 5.76 Å². The monoisotopic (exact) mass is 375 g/mol. The van der Waals surface area contributed by atoms with Crippen LogP contribution in [-0.4, -0.2) is 62.7 Å². The fourth-order valence-electron chi connectivity index (χ4n) is 3.35. The first kappa shape index (κ1) is 19.5. The van der Waals surface area contributed by atoms with Gasteiger partial charge < -0.3 is 14.5 Å². The van der Waals surface area contributed by atoms with Gasteiger partial charge in [0, 0.05) is 25.2 Å². The number of hydrogen-bond donors (Lipinski definition) is 1. The van der Waals surface area contributed by atoms with E-state index in [-0.39, 0.29) is 17.8 Å². The molecule has 146 valence electrons. The molecule has 1 aliphatic heterocycles. The van der Waals surface area contributed by atoms with Crippen LogP contribution in [0, 0.1) is 5.82 Å². The molecule has 1 amide bonds. The number of benzene rings is 1. The highest BCUT2D eigenvalue weighted by molar-refractivity contribution is 5.83. The summed E-state index contributed by atoms with van der Waals surface area (Å²) in [6.07, 6.45) is 1.61. The Morgan fingerprint density at radius 3 is 2.59 bits per heavy atom. The Bertz CT molecular complexity index is 730.